The van der Waals surface area contributed by atoms with Crippen LogP contribution in [0.2, 0.25) is 0 Å². The van der Waals surface area contributed by atoms with Crippen molar-refractivity contribution in [3.05, 3.63) is 47.5 Å². The van der Waals surface area contributed by atoms with Crippen molar-refractivity contribution >= 4 is 15.7 Å². The molecule has 2 aromatic heterocycles. The van der Waals surface area contributed by atoms with Gasteiger partial charge in [-0.2, -0.15) is 5.10 Å². The van der Waals surface area contributed by atoms with Crippen molar-refractivity contribution in [1.29, 1.82) is 0 Å². The molecule has 8 heteroatoms. The summed E-state index contributed by atoms with van der Waals surface area (Å²) in [6.45, 7) is 2.29. The van der Waals surface area contributed by atoms with E-state index in [1.165, 1.54) is 6.20 Å². The number of rotatable bonds is 4. The summed E-state index contributed by atoms with van der Waals surface area (Å²) in [6.07, 6.45) is 5.46. The highest BCUT2D eigenvalue weighted by Gasteiger charge is 2.31. The summed E-state index contributed by atoms with van der Waals surface area (Å²) < 4.78 is 25.0. The molecule has 1 atom stereocenters. The fourth-order valence-corrected chi connectivity index (χ4v) is 4.70. The highest BCUT2D eigenvalue weighted by atomic mass is 32.2. The van der Waals surface area contributed by atoms with Gasteiger partial charge in [0.1, 0.15) is 0 Å². The molecule has 0 bridgehead atoms. The predicted octanol–water partition coefficient (Wildman–Crippen LogP) is 1.22. The maximum absolute atomic E-state index is 12.7. The smallest absolute Gasteiger partial charge is 0.257 e. The summed E-state index contributed by atoms with van der Waals surface area (Å²) >= 11 is 0. The van der Waals surface area contributed by atoms with Crippen LogP contribution in [-0.2, 0) is 16.4 Å². The van der Waals surface area contributed by atoms with E-state index in [4.69, 9.17) is 0 Å². The molecule has 0 unspecified atom stereocenters. The van der Waals surface area contributed by atoms with Crippen LogP contribution >= 0.6 is 0 Å². The zero-order chi connectivity index (χ0) is 17.3. The molecule has 0 saturated carbocycles. The van der Waals surface area contributed by atoms with Crippen LogP contribution < -0.4 is 0 Å². The Labute approximate surface area is 141 Å². The van der Waals surface area contributed by atoms with Gasteiger partial charge in [0, 0.05) is 31.7 Å². The second-order valence-corrected chi connectivity index (χ2v) is 8.39. The lowest BCUT2D eigenvalue weighted by atomic mass is 10.2. The highest BCUT2D eigenvalue weighted by Crippen LogP contribution is 2.25. The van der Waals surface area contributed by atoms with Gasteiger partial charge in [-0.1, -0.05) is 0 Å². The molecule has 1 aliphatic rings. The number of sulfone groups is 1. The summed E-state index contributed by atoms with van der Waals surface area (Å²) in [4.78, 5) is 18.2. The van der Waals surface area contributed by atoms with Gasteiger partial charge in [-0.15, -0.1) is 0 Å². The lowest BCUT2D eigenvalue weighted by Crippen LogP contribution is -2.26. The van der Waals surface area contributed by atoms with Crippen molar-refractivity contribution in [1.82, 2.24) is 19.7 Å². The fraction of sp³-hybridized carbons (Fsp3) is 0.438. The van der Waals surface area contributed by atoms with E-state index < -0.39 is 9.84 Å². The summed E-state index contributed by atoms with van der Waals surface area (Å²) in [6, 6.07) is 3.55. The number of pyridine rings is 1. The molecule has 0 N–H and O–H groups in total. The summed E-state index contributed by atoms with van der Waals surface area (Å²) in [5.41, 5.74) is 2.22. The first kappa shape index (κ1) is 16.6. The Bertz CT molecular complexity index is 845. The van der Waals surface area contributed by atoms with Gasteiger partial charge in [0.25, 0.3) is 5.91 Å². The number of hydrogen-bond donors (Lipinski definition) is 0. The first-order valence-corrected chi connectivity index (χ1v) is 9.58. The Morgan fingerprint density at radius 1 is 1.38 bits per heavy atom. The molecule has 0 aliphatic carbocycles. The molecule has 3 heterocycles. The van der Waals surface area contributed by atoms with Gasteiger partial charge in [0.2, 0.25) is 0 Å². The molecule has 0 spiro atoms. The van der Waals surface area contributed by atoms with E-state index in [2.05, 4.69) is 10.1 Å². The molecular weight excluding hydrogens is 328 g/mol. The molecule has 1 amide bonds. The van der Waals surface area contributed by atoms with E-state index in [1.54, 1.807) is 29.0 Å². The normalized spacial score (nSPS) is 19.3. The molecule has 128 valence electrons. The van der Waals surface area contributed by atoms with Crippen molar-refractivity contribution in [2.75, 3.05) is 18.6 Å². The van der Waals surface area contributed by atoms with Crippen molar-refractivity contribution in [2.45, 2.75) is 25.9 Å². The predicted molar refractivity (Wildman–Crippen MR) is 89.3 cm³/mol. The monoisotopic (exact) mass is 348 g/mol. The third-order valence-electron chi connectivity index (χ3n) is 4.35. The average molecular weight is 348 g/mol. The minimum Gasteiger partial charge on any atom is -0.337 e. The number of nitrogens with zero attached hydrogens (tertiary/aromatic N) is 4. The topological polar surface area (TPSA) is 85.2 Å². The van der Waals surface area contributed by atoms with Gasteiger partial charge in [-0.05, 0) is 31.0 Å². The Morgan fingerprint density at radius 3 is 2.71 bits per heavy atom. The minimum absolute atomic E-state index is 0.0933. The standard InChI is InChI=1S/C16H20N4O3S/c1-12-15(9-18-20(12)14-5-8-24(22,23)11-14)16(21)19(2)10-13-3-6-17-7-4-13/h3-4,6-7,9,14H,5,8,10-11H2,1-2H3/t14-/m0/s1. The largest absolute Gasteiger partial charge is 0.337 e. The summed E-state index contributed by atoms with van der Waals surface area (Å²) in [7, 11) is -1.25. The van der Waals surface area contributed by atoms with Crippen molar-refractivity contribution in [3.63, 3.8) is 0 Å². The van der Waals surface area contributed by atoms with Crippen LogP contribution in [0.1, 0.15) is 34.1 Å². The second-order valence-electron chi connectivity index (χ2n) is 6.16. The molecule has 1 fully saturated rings. The lowest BCUT2D eigenvalue weighted by Gasteiger charge is -2.17. The van der Waals surface area contributed by atoms with E-state index in [0.29, 0.717) is 24.2 Å². The minimum atomic E-state index is -2.99. The van der Waals surface area contributed by atoms with Crippen LogP contribution in [0.3, 0.4) is 0 Å². The van der Waals surface area contributed by atoms with Crippen LogP contribution in [0, 0.1) is 6.92 Å². The van der Waals surface area contributed by atoms with E-state index in [1.807, 2.05) is 19.1 Å². The molecule has 3 rings (SSSR count). The quantitative estimate of drug-likeness (QED) is 0.829. The Balaban J connectivity index is 1.76. The first-order chi connectivity index (χ1) is 11.4. The Hall–Kier alpha value is -2.22. The summed E-state index contributed by atoms with van der Waals surface area (Å²) in [5.74, 6) is 0.148. The van der Waals surface area contributed by atoms with Crippen LogP contribution in [0.5, 0.6) is 0 Å². The zero-order valence-corrected chi connectivity index (χ0v) is 14.5. The molecule has 0 radical (unpaired) electrons. The molecule has 7 nitrogen and oxygen atoms in total. The molecule has 24 heavy (non-hydrogen) atoms. The molecular formula is C16H20N4O3S. The van der Waals surface area contributed by atoms with Gasteiger partial charge < -0.3 is 4.90 Å². The van der Waals surface area contributed by atoms with Crippen molar-refractivity contribution in [3.8, 4) is 0 Å². The number of amides is 1. The van der Waals surface area contributed by atoms with Gasteiger partial charge >= 0.3 is 0 Å². The SMILES string of the molecule is Cc1c(C(=O)N(C)Cc2ccncc2)cnn1[C@H]1CCS(=O)(=O)C1. The van der Waals surface area contributed by atoms with Crippen LogP contribution in [0.4, 0.5) is 0 Å². The van der Waals surface area contributed by atoms with Crippen LogP contribution in [0.15, 0.2) is 30.7 Å². The molecule has 0 aromatic carbocycles. The average Bonchev–Trinajstić information content (AvgIpc) is 3.09. The lowest BCUT2D eigenvalue weighted by molar-refractivity contribution is 0.0784. The van der Waals surface area contributed by atoms with Crippen molar-refractivity contribution in [2.24, 2.45) is 0 Å². The number of aromatic nitrogens is 3. The second kappa shape index (κ2) is 6.35. The highest BCUT2D eigenvalue weighted by molar-refractivity contribution is 7.91. The van der Waals surface area contributed by atoms with Gasteiger partial charge in [0.15, 0.2) is 9.84 Å². The van der Waals surface area contributed by atoms with E-state index in [0.717, 1.165) is 5.56 Å². The van der Waals surface area contributed by atoms with Crippen LogP contribution in [-0.4, -0.2) is 52.5 Å². The molecule has 1 aliphatic heterocycles. The van der Waals surface area contributed by atoms with Crippen LogP contribution in [0.25, 0.3) is 0 Å². The number of carbonyl (C=O) groups is 1. The third-order valence-corrected chi connectivity index (χ3v) is 6.10. The van der Waals surface area contributed by atoms with E-state index in [9.17, 15) is 13.2 Å². The number of hydrogen-bond acceptors (Lipinski definition) is 5. The fourth-order valence-electron chi connectivity index (χ4n) is 3.01. The van der Waals surface area contributed by atoms with Crippen molar-refractivity contribution < 1.29 is 13.2 Å². The maximum atomic E-state index is 12.7. The molecule has 2 aromatic rings. The van der Waals surface area contributed by atoms with E-state index >= 15 is 0 Å². The van der Waals surface area contributed by atoms with Gasteiger partial charge in [-0.3, -0.25) is 14.5 Å². The third kappa shape index (κ3) is 3.33. The molecule has 1 saturated heterocycles. The number of carbonyl (C=O) groups excluding carboxylic acids is 1. The Morgan fingerprint density at radius 2 is 2.08 bits per heavy atom. The summed E-state index contributed by atoms with van der Waals surface area (Å²) in [5, 5.41) is 4.27. The van der Waals surface area contributed by atoms with E-state index in [-0.39, 0.29) is 23.5 Å². The van der Waals surface area contributed by atoms with Gasteiger partial charge in [0.05, 0.1) is 29.3 Å². The van der Waals surface area contributed by atoms with Gasteiger partial charge in [-0.25, -0.2) is 8.42 Å². The zero-order valence-electron chi connectivity index (χ0n) is 13.7. The maximum Gasteiger partial charge on any atom is 0.257 e. The Kier molecular flexibility index (Phi) is 4.40. The first-order valence-electron chi connectivity index (χ1n) is 7.76.